The van der Waals surface area contributed by atoms with Crippen LogP contribution < -0.4 is 10.2 Å². The van der Waals surface area contributed by atoms with Crippen molar-refractivity contribution in [3.8, 4) is 28.6 Å². The maximum Gasteiger partial charge on any atom is 0.180 e. The summed E-state index contributed by atoms with van der Waals surface area (Å²) in [5.74, 6) is 2.30. The standard InChI is InChI=1S/C23H21ClN4O.ClH/c24-18-3-1-17(2-4-18)21-9-10-22(29-21)23-26-13-16-28(23)20-7-5-19(6-8-20)27-14-11-25-12-15-27;/h1-10,13,16,25H,11-12,14-15H2;1H. The minimum atomic E-state index is 0. The minimum Gasteiger partial charge on any atom is -0.453 e. The van der Waals surface area contributed by atoms with E-state index in [1.807, 2.05) is 47.2 Å². The van der Waals surface area contributed by atoms with Crippen LogP contribution in [-0.4, -0.2) is 35.7 Å². The van der Waals surface area contributed by atoms with Crippen molar-refractivity contribution >= 4 is 29.7 Å². The van der Waals surface area contributed by atoms with Gasteiger partial charge in [0.05, 0.1) is 0 Å². The molecular weight excluding hydrogens is 419 g/mol. The molecule has 1 N–H and O–H groups in total. The topological polar surface area (TPSA) is 46.2 Å². The summed E-state index contributed by atoms with van der Waals surface area (Å²) < 4.78 is 8.14. The molecule has 5 nitrogen and oxygen atoms in total. The van der Waals surface area contributed by atoms with Gasteiger partial charge in [-0.1, -0.05) is 11.6 Å². The van der Waals surface area contributed by atoms with Crippen molar-refractivity contribution in [2.75, 3.05) is 31.1 Å². The number of aromatic nitrogens is 2. The summed E-state index contributed by atoms with van der Waals surface area (Å²) in [6.07, 6.45) is 3.75. The van der Waals surface area contributed by atoms with E-state index >= 15 is 0 Å². The molecule has 7 heteroatoms. The lowest BCUT2D eigenvalue weighted by Gasteiger charge is -2.29. The van der Waals surface area contributed by atoms with Crippen molar-refractivity contribution in [1.82, 2.24) is 14.9 Å². The Morgan fingerprint density at radius 3 is 2.23 bits per heavy atom. The summed E-state index contributed by atoms with van der Waals surface area (Å²) in [7, 11) is 0. The van der Waals surface area contributed by atoms with Crippen LogP contribution in [0, 0.1) is 0 Å². The number of imidazole rings is 1. The van der Waals surface area contributed by atoms with Gasteiger partial charge >= 0.3 is 0 Å². The Morgan fingerprint density at radius 1 is 0.833 bits per heavy atom. The number of piperazine rings is 1. The van der Waals surface area contributed by atoms with Crippen LogP contribution in [0.15, 0.2) is 77.5 Å². The molecule has 0 spiro atoms. The zero-order chi connectivity index (χ0) is 19.6. The lowest BCUT2D eigenvalue weighted by atomic mass is 10.2. The molecular formula is C23H22Cl2N4O. The second-order valence-corrected chi connectivity index (χ2v) is 7.48. The lowest BCUT2D eigenvalue weighted by molar-refractivity contribution is 0.589. The minimum absolute atomic E-state index is 0. The second kappa shape index (κ2) is 8.96. The highest BCUT2D eigenvalue weighted by molar-refractivity contribution is 6.30. The number of anilines is 1. The Kier molecular flexibility index (Phi) is 6.13. The maximum atomic E-state index is 6.09. The molecule has 1 saturated heterocycles. The first-order valence-electron chi connectivity index (χ1n) is 9.73. The average Bonchev–Trinajstić information content (AvgIpc) is 3.45. The lowest BCUT2D eigenvalue weighted by Crippen LogP contribution is -2.43. The zero-order valence-electron chi connectivity index (χ0n) is 16.3. The van der Waals surface area contributed by atoms with Crippen molar-refractivity contribution in [1.29, 1.82) is 0 Å². The number of hydrogen-bond acceptors (Lipinski definition) is 4. The van der Waals surface area contributed by atoms with Gasteiger partial charge in [0.1, 0.15) is 5.76 Å². The van der Waals surface area contributed by atoms with Gasteiger partial charge in [0, 0.05) is 60.5 Å². The van der Waals surface area contributed by atoms with Gasteiger partial charge in [-0.25, -0.2) is 4.98 Å². The van der Waals surface area contributed by atoms with E-state index in [1.165, 1.54) is 5.69 Å². The molecule has 1 aliphatic heterocycles. The highest BCUT2D eigenvalue weighted by Crippen LogP contribution is 2.30. The molecule has 30 heavy (non-hydrogen) atoms. The molecule has 0 aliphatic carbocycles. The van der Waals surface area contributed by atoms with Crippen molar-refractivity contribution < 1.29 is 4.42 Å². The quantitative estimate of drug-likeness (QED) is 0.468. The van der Waals surface area contributed by atoms with Crippen molar-refractivity contribution in [3.05, 3.63) is 78.1 Å². The van der Waals surface area contributed by atoms with E-state index in [1.54, 1.807) is 6.20 Å². The SMILES string of the molecule is Cl.Clc1ccc(-c2ccc(-c3nccn3-c3ccc(N4CCNCC4)cc3)o2)cc1. The maximum absolute atomic E-state index is 6.09. The number of hydrogen-bond donors (Lipinski definition) is 1. The highest BCUT2D eigenvalue weighted by Gasteiger charge is 2.14. The summed E-state index contributed by atoms with van der Waals surface area (Å²) in [5.41, 5.74) is 3.29. The van der Waals surface area contributed by atoms with Crippen LogP contribution in [0.5, 0.6) is 0 Å². The fraction of sp³-hybridized carbons (Fsp3) is 0.174. The zero-order valence-corrected chi connectivity index (χ0v) is 17.9. The fourth-order valence-electron chi connectivity index (χ4n) is 3.67. The molecule has 3 heterocycles. The van der Waals surface area contributed by atoms with Crippen LogP contribution in [0.3, 0.4) is 0 Å². The molecule has 1 fully saturated rings. The Bertz CT molecular complexity index is 1100. The summed E-state index contributed by atoms with van der Waals surface area (Å²) in [4.78, 5) is 6.93. The van der Waals surface area contributed by atoms with E-state index < -0.39 is 0 Å². The number of benzene rings is 2. The molecule has 0 bridgehead atoms. The fourth-order valence-corrected chi connectivity index (χ4v) is 3.79. The third-order valence-corrected chi connectivity index (χ3v) is 5.46. The Morgan fingerprint density at radius 2 is 1.50 bits per heavy atom. The molecule has 0 saturated carbocycles. The molecule has 0 atom stereocenters. The van der Waals surface area contributed by atoms with Gasteiger partial charge in [-0.2, -0.15) is 0 Å². The number of furan rings is 1. The first-order chi connectivity index (χ1) is 14.3. The van der Waals surface area contributed by atoms with E-state index in [2.05, 4.69) is 39.5 Å². The van der Waals surface area contributed by atoms with E-state index in [9.17, 15) is 0 Å². The van der Waals surface area contributed by atoms with Crippen LogP contribution in [0.4, 0.5) is 5.69 Å². The first kappa shape index (κ1) is 20.5. The van der Waals surface area contributed by atoms with Crippen LogP contribution in [0.2, 0.25) is 5.02 Å². The molecule has 0 amide bonds. The van der Waals surface area contributed by atoms with E-state index in [0.29, 0.717) is 5.02 Å². The van der Waals surface area contributed by atoms with Gasteiger partial charge in [-0.05, 0) is 60.7 Å². The number of rotatable bonds is 4. The predicted molar refractivity (Wildman–Crippen MR) is 124 cm³/mol. The Labute approximate surface area is 186 Å². The van der Waals surface area contributed by atoms with Crippen LogP contribution >= 0.6 is 24.0 Å². The average molecular weight is 441 g/mol. The van der Waals surface area contributed by atoms with Gasteiger partial charge in [-0.15, -0.1) is 12.4 Å². The molecule has 2 aromatic heterocycles. The van der Waals surface area contributed by atoms with Gasteiger partial charge in [-0.3, -0.25) is 4.57 Å². The Hall–Kier alpha value is -2.73. The van der Waals surface area contributed by atoms with Gasteiger partial charge in [0.15, 0.2) is 11.6 Å². The second-order valence-electron chi connectivity index (χ2n) is 7.05. The van der Waals surface area contributed by atoms with Gasteiger partial charge in [0.2, 0.25) is 0 Å². The van der Waals surface area contributed by atoms with Crippen molar-refractivity contribution in [3.63, 3.8) is 0 Å². The first-order valence-corrected chi connectivity index (χ1v) is 10.1. The number of nitrogens with one attached hydrogen (secondary N) is 1. The summed E-state index contributed by atoms with van der Waals surface area (Å²) in [6.45, 7) is 4.13. The van der Waals surface area contributed by atoms with E-state index in [-0.39, 0.29) is 12.4 Å². The summed E-state index contributed by atoms with van der Waals surface area (Å²) in [6, 6.07) is 20.1. The van der Waals surface area contributed by atoms with Crippen molar-refractivity contribution in [2.45, 2.75) is 0 Å². The van der Waals surface area contributed by atoms with Gasteiger partial charge in [0.25, 0.3) is 0 Å². The third kappa shape index (κ3) is 4.10. The molecule has 0 unspecified atom stereocenters. The summed E-state index contributed by atoms with van der Waals surface area (Å²) in [5, 5.41) is 4.10. The smallest absolute Gasteiger partial charge is 0.180 e. The monoisotopic (exact) mass is 440 g/mol. The molecule has 4 aromatic rings. The highest BCUT2D eigenvalue weighted by atomic mass is 35.5. The summed E-state index contributed by atoms with van der Waals surface area (Å²) >= 11 is 5.98. The molecule has 2 aromatic carbocycles. The van der Waals surface area contributed by atoms with Gasteiger partial charge < -0.3 is 14.6 Å². The number of nitrogens with zero attached hydrogens (tertiary/aromatic N) is 3. The third-order valence-electron chi connectivity index (χ3n) is 5.21. The molecule has 5 rings (SSSR count). The normalized spacial score (nSPS) is 13.8. The van der Waals surface area contributed by atoms with E-state index in [4.69, 9.17) is 16.0 Å². The van der Waals surface area contributed by atoms with Crippen LogP contribution in [-0.2, 0) is 0 Å². The molecule has 1 aliphatic rings. The van der Waals surface area contributed by atoms with Crippen LogP contribution in [0.25, 0.3) is 28.6 Å². The molecule has 154 valence electrons. The van der Waals surface area contributed by atoms with Crippen LogP contribution in [0.1, 0.15) is 0 Å². The predicted octanol–water partition coefficient (Wildman–Crippen LogP) is 5.28. The van der Waals surface area contributed by atoms with Crippen molar-refractivity contribution in [2.24, 2.45) is 0 Å². The molecule has 0 radical (unpaired) electrons. The largest absolute Gasteiger partial charge is 0.453 e. The Balaban J connectivity index is 0.00000218. The van der Waals surface area contributed by atoms with E-state index in [0.717, 1.165) is 54.8 Å². The number of halogens is 2.